The first-order valence-electron chi connectivity index (χ1n) is 7.83. The summed E-state index contributed by atoms with van der Waals surface area (Å²) in [6, 6.07) is 12.2. The number of amides is 1. The van der Waals surface area contributed by atoms with Crippen LogP contribution < -0.4 is 14.8 Å². The molecule has 140 valence electrons. The summed E-state index contributed by atoms with van der Waals surface area (Å²) in [5.74, 6) is -1.08. The summed E-state index contributed by atoms with van der Waals surface area (Å²) >= 11 is 0. The predicted molar refractivity (Wildman–Crippen MR) is 97.9 cm³/mol. The number of ether oxygens (including phenoxy) is 1. The van der Waals surface area contributed by atoms with Crippen LogP contribution >= 0.6 is 0 Å². The molecule has 1 amide bonds. The van der Waals surface area contributed by atoms with Gasteiger partial charge in [0.2, 0.25) is 15.9 Å². The van der Waals surface area contributed by atoms with Gasteiger partial charge in [0.1, 0.15) is 17.1 Å². The highest BCUT2D eigenvalue weighted by Gasteiger charge is 2.33. The topological polar surface area (TPSA) is 84.5 Å². The first kappa shape index (κ1) is 19.9. The van der Waals surface area contributed by atoms with E-state index in [1.165, 1.54) is 39.2 Å². The highest BCUT2D eigenvalue weighted by atomic mass is 32.2. The Labute approximate surface area is 152 Å². The summed E-state index contributed by atoms with van der Waals surface area (Å²) in [7, 11) is -2.40. The number of hydrogen-bond acceptors (Lipinski definition) is 4. The average molecular weight is 380 g/mol. The molecular weight excluding hydrogens is 359 g/mol. The van der Waals surface area contributed by atoms with Crippen LogP contribution in [0.4, 0.5) is 10.1 Å². The van der Waals surface area contributed by atoms with E-state index in [0.717, 1.165) is 0 Å². The van der Waals surface area contributed by atoms with Crippen molar-refractivity contribution in [1.29, 1.82) is 0 Å². The normalized spacial score (nSPS) is 11.8. The van der Waals surface area contributed by atoms with Crippen LogP contribution in [0, 0.1) is 5.82 Å². The third kappa shape index (κ3) is 5.27. The molecular formula is C18H21FN2O4S. The van der Waals surface area contributed by atoms with Crippen molar-refractivity contribution >= 4 is 21.6 Å². The van der Waals surface area contributed by atoms with E-state index in [4.69, 9.17) is 4.74 Å². The summed E-state index contributed by atoms with van der Waals surface area (Å²) in [5.41, 5.74) is -0.896. The Morgan fingerprint density at radius 1 is 1.12 bits per heavy atom. The van der Waals surface area contributed by atoms with Crippen molar-refractivity contribution < 1.29 is 22.3 Å². The molecule has 0 fully saturated rings. The fourth-order valence-corrected chi connectivity index (χ4v) is 3.84. The lowest BCUT2D eigenvalue weighted by Gasteiger charge is -2.25. The van der Waals surface area contributed by atoms with Gasteiger partial charge in [-0.15, -0.1) is 0 Å². The van der Waals surface area contributed by atoms with Crippen LogP contribution in [0.25, 0.3) is 0 Å². The largest absolute Gasteiger partial charge is 0.497 e. The quantitative estimate of drug-likeness (QED) is 0.773. The van der Waals surface area contributed by atoms with Crippen LogP contribution in [0.3, 0.4) is 0 Å². The van der Waals surface area contributed by atoms with Crippen molar-refractivity contribution in [3.63, 3.8) is 0 Å². The van der Waals surface area contributed by atoms with Crippen LogP contribution in [0.2, 0.25) is 0 Å². The lowest BCUT2D eigenvalue weighted by Crippen LogP contribution is -2.52. The summed E-state index contributed by atoms with van der Waals surface area (Å²) < 4.78 is 45.7. The number of carbonyl (C=O) groups excluding carboxylic acids is 1. The van der Waals surface area contributed by atoms with Gasteiger partial charge in [-0.05, 0) is 44.2 Å². The van der Waals surface area contributed by atoms with E-state index < -0.39 is 33.0 Å². The highest BCUT2D eigenvalue weighted by molar-refractivity contribution is 7.88. The Morgan fingerprint density at radius 2 is 1.73 bits per heavy atom. The maximum Gasteiger partial charge on any atom is 0.245 e. The second-order valence-corrected chi connectivity index (χ2v) is 7.98. The molecule has 0 unspecified atom stereocenters. The minimum absolute atomic E-state index is 0.0337. The molecule has 0 saturated carbocycles. The lowest BCUT2D eigenvalue weighted by molar-refractivity contribution is -0.120. The van der Waals surface area contributed by atoms with Gasteiger partial charge in [0.15, 0.2) is 0 Å². The second kappa shape index (κ2) is 7.84. The van der Waals surface area contributed by atoms with Crippen molar-refractivity contribution in [2.24, 2.45) is 0 Å². The molecule has 0 spiro atoms. The fourth-order valence-electron chi connectivity index (χ4n) is 2.25. The van der Waals surface area contributed by atoms with Gasteiger partial charge < -0.3 is 10.1 Å². The van der Waals surface area contributed by atoms with Gasteiger partial charge >= 0.3 is 0 Å². The van der Waals surface area contributed by atoms with E-state index in [1.54, 1.807) is 30.3 Å². The Hall–Kier alpha value is -2.45. The zero-order chi connectivity index (χ0) is 19.4. The number of nitrogens with one attached hydrogen (secondary N) is 2. The molecule has 0 aliphatic heterocycles. The smallest absolute Gasteiger partial charge is 0.245 e. The Kier molecular flexibility index (Phi) is 5.99. The molecule has 0 atom stereocenters. The first-order valence-corrected chi connectivity index (χ1v) is 9.49. The molecule has 0 aliphatic rings. The van der Waals surface area contributed by atoms with E-state index in [2.05, 4.69) is 10.0 Å². The number of rotatable bonds is 7. The number of methoxy groups -OCH3 is 1. The molecule has 6 nitrogen and oxygen atoms in total. The third-order valence-electron chi connectivity index (χ3n) is 3.63. The zero-order valence-corrected chi connectivity index (χ0v) is 15.6. The molecule has 0 aromatic heterocycles. The van der Waals surface area contributed by atoms with E-state index in [9.17, 15) is 17.6 Å². The minimum Gasteiger partial charge on any atom is -0.497 e. The number of carbonyl (C=O) groups is 1. The van der Waals surface area contributed by atoms with Crippen LogP contribution in [0.1, 0.15) is 19.4 Å². The number of sulfonamides is 1. The van der Waals surface area contributed by atoms with Crippen LogP contribution in [-0.2, 0) is 20.6 Å². The number of benzene rings is 2. The van der Waals surface area contributed by atoms with Gasteiger partial charge in [0.25, 0.3) is 0 Å². The van der Waals surface area contributed by atoms with Crippen molar-refractivity contribution in [1.82, 2.24) is 4.72 Å². The van der Waals surface area contributed by atoms with Crippen molar-refractivity contribution in [2.45, 2.75) is 25.1 Å². The summed E-state index contributed by atoms with van der Waals surface area (Å²) in [4.78, 5) is 12.4. The monoisotopic (exact) mass is 380 g/mol. The fraction of sp³-hybridized carbons (Fsp3) is 0.278. The van der Waals surface area contributed by atoms with E-state index >= 15 is 0 Å². The van der Waals surface area contributed by atoms with E-state index in [-0.39, 0.29) is 5.56 Å². The van der Waals surface area contributed by atoms with Gasteiger partial charge in [-0.25, -0.2) is 12.8 Å². The first-order chi connectivity index (χ1) is 12.1. The van der Waals surface area contributed by atoms with Crippen molar-refractivity contribution in [2.75, 3.05) is 12.4 Å². The van der Waals surface area contributed by atoms with E-state index in [0.29, 0.717) is 11.4 Å². The number of anilines is 1. The lowest BCUT2D eigenvalue weighted by atomic mass is 10.1. The second-order valence-electron chi connectivity index (χ2n) is 6.26. The third-order valence-corrected chi connectivity index (χ3v) is 5.14. The molecule has 2 aromatic rings. The molecule has 2 aromatic carbocycles. The number of hydrogen-bond donors (Lipinski definition) is 2. The molecule has 8 heteroatoms. The van der Waals surface area contributed by atoms with Gasteiger partial charge in [-0.2, -0.15) is 4.72 Å². The van der Waals surface area contributed by atoms with Crippen LogP contribution in [0.15, 0.2) is 48.5 Å². The van der Waals surface area contributed by atoms with Crippen molar-refractivity contribution in [3.8, 4) is 5.75 Å². The molecule has 0 aliphatic carbocycles. The van der Waals surface area contributed by atoms with Gasteiger partial charge in [-0.1, -0.05) is 18.2 Å². The Morgan fingerprint density at radius 3 is 2.31 bits per heavy atom. The zero-order valence-electron chi connectivity index (χ0n) is 14.7. The molecule has 0 radical (unpaired) electrons. The maximum absolute atomic E-state index is 13.7. The number of halogens is 1. The van der Waals surface area contributed by atoms with Gasteiger partial charge in [0.05, 0.1) is 12.9 Å². The highest BCUT2D eigenvalue weighted by Crippen LogP contribution is 2.18. The molecule has 2 N–H and O–H groups in total. The van der Waals surface area contributed by atoms with Crippen LogP contribution in [0.5, 0.6) is 5.75 Å². The van der Waals surface area contributed by atoms with Crippen LogP contribution in [-0.4, -0.2) is 27.0 Å². The Bertz CT molecular complexity index is 880. The standard InChI is InChI=1S/C18H21FN2O4S/c1-18(2,17(22)20-14-8-10-15(25-3)11-9-14)21-26(23,24)12-13-6-4-5-7-16(13)19/h4-11,21H,12H2,1-3H3,(H,20,22). The Balaban J connectivity index is 2.07. The summed E-state index contributed by atoms with van der Waals surface area (Å²) in [6.45, 7) is 2.87. The summed E-state index contributed by atoms with van der Waals surface area (Å²) in [6.07, 6.45) is 0. The summed E-state index contributed by atoms with van der Waals surface area (Å²) in [5, 5.41) is 2.64. The molecule has 26 heavy (non-hydrogen) atoms. The molecule has 0 bridgehead atoms. The van der Waals surface area contributed by atoms with Gasteiger partial charge in [-0.3, -0.25) is 4.79 Å². The average Bonchev–Trinajstić information content (AvgIpc) is 2.56. The maximum atomic E-state index is 13.7. The SMILES string of the molecule is COc1ccc(NC(=O)C(C)(C)NS(=O)(=O)Cc2ccccc2F)cc1. The minimum atomic E-state index is -3.93. The van der Waals surface area contributed by atoms with E-state index in [1.807, 2.05) is 0 Å². The molecule has 0 saturated heterocycles. The van der Waals surface area contributed by atoms with Gasteiger partial charge in [0, 0.05) is 11.3 Å². The molecule has 0 heterocycles. The predicted octanol–water partition coefficient (Wildman–Crippen LogP) is 2.67. The van der Waals surface area contributed by atoms with Crippen molar-refractivity contribution in [3.05, 3.63) is 59.9 Å². The molecule has 2 rings (SSSR count).